The third kappa shape index (κ3) is 2.91. The van der Waals surface area contributed by atoms with Crippen LogP contribution < -0.4 is 5.32 Å². The Bertz CT molecular complexity index is 472. The highest BCUT2D eigenvalue weighted by molar-refractivity contribution is 5.93. The van der Waals surface area contributed by atoms with Gasteiger partial charge in [-0.2, -0.15) is 0 Å². The summed E-state index contributed by atoms with van der Waals surface area (Å²) in [6.07, 6.45) is 4.01. The Morgan fingerprint density at radius 2 is 2.17 bits per heavy atom. The van der Waals surface area contributed by atoms with Crippen molar-refractivity contribution in [2.24, 2.45) is 0 Å². The second kappa shape index (κ2) is 4.48. The van der Waals surface area contributed by atoms with E-state index in [0.29, 0.717) is 11.7 Å². The van der Waals surface area contributed by atoms with Crippen molar-refractivity contribution in [1.82, 2.24) is 9.88 Å². The SMILES string of the molecule is CC(C)(CC(=O)O)NC(=O)c1cccn1C1CC1. The molecule has 98 valence electrons. The highest BCUT2D eigenvalue weighted by atomic mass is 16.4. The van der Waals surface area contributed by atoms with Gasteiger partial charge in [0.1, 0.15) is 5.69 Å². The zero-order chi connectivity index (χ0) is 13.3. The Kier molecular flexibility index (Phi) is 3.15. The number of hydrogen-bond acceptors (Lipinski definition) is 2. The van der Waals surface area contributed by atoms with E-state index in [0.717, 1.165) is 12.8 Å². The Morgan fingerprint density at radius 1 is 1.50 bits per heavy atom. The van der Waals surface area contributed by atoms with Crippen molar-refractivity contribution in [3.63, 3.8) is 0 Å². The monoisotopic (exact) mass is 250 g/mol. The van der Waals surface area contributed by atoms with Gasteiger partial charge in [-0.1, -0.05) is 0 Å². The quantitative estimate of drug-likeness (QED) is 0.837. The van der Waals surface area contributed by atoms with E-state index < -0.39 is 11.5 Å². The van der Waals surface area contributed by atoms with Crippen LogP contribution in [0.25, 0.3) is 0 Å². The molecule has 1 saturated carbocycles. The molecule has 0 radical (unpaired) electrons. The molecule has 0 saturated heterocycles. The molecular weight excluding hydrogens is 232 g/mol. The number of carbonyl (C=O) groups is 2. The molecule has 1 fully saturated rings. The zero-order valence-corrected chi connectivity index (χ0v) is 10.6. The average Bonchev–Trinajstić information content (AvgIpc) is 2.93. The molecule has 1 aliphatic rings. The normalized spacial score (nSPS) is 15.4. The molecule has 0 unspecified atom stereocenters. The number of nitrogens with zero attached hydrogens (tertiary/aromatic N) is 1. The van der Waals surface area contributed by atoms with Crippen molar-refractivity contribution < 1.29 is 14.7 Å². The fourth-order valence-corrected chi connectivity index (χ4v) is 2.05. The number of hydrogen-bond donors (Lipinski definition) is 2. The van der Waals surface area contributed by atoms with E-state index in [1.54, 1.807) is 19.9 Å². The second-order valence-electron chi connectivity index (χ2n) is 5.44. The van der Waals surface area contributed by atoms with E-state index in [2.05, 4.69) is 5.32 Å². The maximum atomic E-state index is 12.1. The Morgan fingerprint density at radius 3 is 2.72 bits per heavy atom. The molecule has 5 nitrogen and oxygen atoms in total. The van der Waals surface area contributed by atoms with Gasteiger partial charge in [0.15, 0.2) is 0 Å². The molecule has 0 atom stereocenters. The molecule has 0 bridgehead atoms. The van der Waals surface area contributed by atoms with Gasteiger partial charge >= 0.3 is 5.97 Å². The topological polar surface area (TPSA) is 71.3 Å². The molecule has 2 rings (SSSR count). The summed E-state index contributed by atoms with van der Waals surface area (Å²) in [5.74, 6) is -1.13. The summed E-state index contributed by atoms with van der Waals surface area (Å²) in [6.45, 7) is 3.42. The molecule has 1 aromatic rings. The highest BCUT2D eigenvalue weighted by Crippen LogP contribution is 2.36. The lowest BCUT2D eigenvalue weighted by Gasteiger charge is -2.24. The largest absolute Gasteiger partial charge is 0.481 e. The molecule has 18 heavy (non-hydrogen) atoms. The first-order chi connectivity index (χ1) is 8.39. The van der Waals surface area contributed by atoms with Crippen LogP contribution in [0.15, 0.2) is 18.3 Å². The molecule has 5 heteroatoms. The van der Waals surface area contributed by atoms with Gasteiger partial charge in [-0.25, -0.2) is 0 Å². The second-order valence-corrected chi connectivity index (χ2v) is 5.44. The number of carbonyl (C=O) groups excluding carboxylic acids is 1. The lowest BCUT2D eigenvalue weighted by Crippen LogP contribution is -2.45. The van der Waals surface area contributed by atoms with Crippen LogP contribution >= 0.6 is 0 Å². The average molecular weight is 250 g/mol. The van der Waals surface area contributed by atoms with E-state index in [1.165, 1.54) is 0 Å². The predicted octanol–water partition coefficient (Wildman–Crippen LogP) is 1.81. The summed E-state index contributed by atoms with van der Waals surface area (Å²) in [4.78, 5) is 22.8. The van der Waals surface area contributed by atoms with Gasteiger partial charge in [-0.15, -0.1) is 0 Å². The molecule has 0 aromatic carbocycles. The first-order valence-corrected chi connectivity index (χ1v) is 6.10. The standard InChI is InChI=1S/C13H18N2O3/c1-13(2,8-11(16)17)14-12(18)10-4-3-7-15(10)9-5-6-9/h3-4,7,9H,5-6,8H2,1-2H3,(H,14,18)(H,16,17). The van der Waals surface area contributed by atoms with E-state index in [-0.39, 0.29) is 12.3 Å². The van der Waals surface area contributed by atoms with Crippen molar-refractivity contribution in [1.29, 1.82) is 0 Å². The highest BCUT2D eigenvalue weighted by Gasteiger charge is 2.29. The van der Waals surface area contributed by atoms with Crippen LogP contribution in [0.4, 0.5) is 0 Å². The van der Waals surface area contributed by atoms with Crippen LogP contribution in [0.3, 0.4) is 0 Å². The number of aromatic nitrogens is 1. The Hall–Kier alpha value is -1.78. The molecule has 0 aliphatic heterocycles. The van der Waals surface area contributed by atoms with Gasteiger partial charge in [0.2, 0.25) is 0 Å². The first kappa shape index (κ1) is 12.7. The number of rotatable bonds is 5. The molecular formula is C13H18N2O3. The van der Waals surface area contributed by atoms with Crippen molar-refractivity contribution in [3.05, 3.63) is 24.0 Å². The summed E-state index contributed by atoms with van der Waals surface area (Å²) in [7, 11) is 0. The molecule has 1 aromatic heterocycles. The molecule has 0 spiro atoms. The molecule has 1 aliphatic carbocycles. The van der Waals surface area contributed by atoms with E-state index in [9.17, 15) is 9.59 Å². The van der Waals surface area contributed by atoms with E-state index >= 15 is 0 Å². The minimum atomic E-state index is -0.919. The number of aliphatic carboxylic acids is 1. The van der Waals surface area contributed by atoms with Gasteiger partial charge in [0.05, 0.1) is 6.42 Å². The predicted molar refractivity (Wildman–Crippen MR) is 66.5 cm³/mol. The maximum absolute atomic E-state index is 12.1. The van der Waals surface area contributed by atoms with Gasteiger partial charge in [0, 0.05) is 17.8 Å². The van der Waals surface area contributed by atoms with Crippen LogP contribution in [0, 0.1) is 0 Å². The maximum Gasteiger partial charge on any atom is 0.305 e. The fraction of sp³-hybridized carbons (Fsp3) is 0.538. The van der Waals surface area contributed by atoms with Crippen molar-refractivity contribution >= 4 is 11.9 Å². The van der Waals surface area contributed by atoms with Crippen molar-refractivity contribution in [2.75, 3.05) is 0 Å². The van der Waals surface area contributed by atoms with Gasteiger partial charge < -0.3 is 15.0 Å². The Labute approximate surface area is 106 Å². The summed E-state index contributed by atoms with van der Waals surface area (Å²) in [5.41, 5.74) is -0.141. The zero-order valence-electron chi connectivity index (χ0n) is 10.6. The van der Waals surface area contributed by atoms with Crippen LogP contribution in [0.1, 0.15) is 49.6 Å². The first-order valence-electron chi connectivity index (χ1n) is 6.10. The lowest BCUT2D eigenvalue weighted by molar-refractivity contribution is -0.138. The minimum absolute atomic E-state index is 0.0944. The third-order valence-corrected chi connectivity index (χ3v) is 3.00. The van der Waals surface area contributed by atoms with Gasteiger partial charge in [-0.05, 0) is 38.8 Å². The summed E-state index contributed by atoms with van der Waals surface area (Å²) >= 11 is 0. The van der Waals surface area contributed by atoms with E-state index in [1.807, 2.05) is 16.8 Å². The number of nitrogens with one attached hydrogen (secondary N) is 1. The molecule has 1 amide bonds. The number of carboxylic acid groups (broad SMARTS) is 1. The van der Waals surface area contributed by atoms with Crippen molar-refractivity contribution in [2.45, 2.75) is 44.7 Å². The van der Waals surface area contributed by atoms with E-state index in [4.69, 9.17) is 5.11 Å². The van der Waals surface area contributed by atoms with Crippen LogP contribution in [0.2, 0.25) is 0 Å². The fourth-order valence-electron chi connectivity index (χ4n) is 2.05. The summed E-state index contributed by atoms with van der Waals surface area (Å²) in [5, 5.41) is 11.6. The molecule has 2 N–H and O–H groups in total. The lowest BCUT2D eigenvalue weighted by atomic mass is 10.0. The summed E-state index contributed by atoms with van der Waals surface area (Å²) in [6, 6.07) is 4.05. The van der Waals surface area contributed by atoms with Crippen molar-refractivity contribution in [3.8, 4) is 0 Å². The van der Waals surface area contributed by atoms with Gasteiger partial charge in [-0.3, -0.25) is 9.59 Å². The number of amides is 1. The third-order valence-electron chi connectivity index (χ3n) is 3.00. The number of carboxylic acids is 1. The minimum Gasteiger partial charge on any atom is -0.481 e. The van der Waals surface area contributed by atoms with Crippen LogP contribution in [0.5, 0.6) is 0 Å². The van der Waals surface area contributed by atoms with Crippen LogP contribution in [-0.4, -0.2) is 27.1 Å². The Balaban J connectivity index is 2.07. The summed E-state index contributed by atoms with van der Waals surface area (Å²) < 4.78 is 1.96. The smallest absolute Gasteiger partial charge is 0.305 e. The molecule has 1 heterocycles. The van der Waals surface area contributed by atoms with Crippen LogP contribution in [-0.2, 0) is 4.79 Å². The van der Waals surface area contributed by atoms with Gasteiger partial charge in [0.25, 0.3) is 5.91 Å².